The first-order chi connectivity index (χ1) is 13.5. The van der Waals surface area contributed by atoms with E-state index in [1.807, 2.05) is 19.1 Å². The van der Waals surface area contributed by atoms with E-state index in [1.54, 1.807) is 42.5 Å². The van der Waals surface area contributed by atoms with Crippen LogP contribution in [-0.4, -0.2) is 37.8 Å². The summed E-state index contributed by atoms with van der Waals surface area (Å²) in [6.07, 6.45) is 2.50. The summed E-state index contributed by atoms with van der Waals surface area (Å²) >= 11 is 0. The number of piperidine rings is 1. The van der Waals surface area contributed by atoms with E-state index in [1.165, 1.54) is 4.31 Å². The predicted molar refractivity (Wildman–Crippen MR) is 109 cm³/mol. The quantitative estimate of drug-likeness (QED) is 0.767. The van der Waals surface area contributed by atoms with Gasteiger partial charge in [0, 0.05) is 19.0 Å². The van der Waals surface area contributed by atoms with Crippen LogP contribution in [0, 0.1) is 0 Å². The molecule has 3 rings (SSSR count). The van der Waals surface area contributed by atoms with Gasteiger partial charge in [0.15, 0.2) is 0 Å². The lowest BCUT2D eigenvalue weighted by Crippen LogP contribution is -2.45. The number of amides is 1. The number of anilines is 1. The number of sulfonamides is 1. The molecule has 28 heavy (non-hydrogen) atoms. The van der Waals surface area contributed by atoms with E-state index in [4.69, 9.17) is 4.74 Å². The summed E-state index contributed by atoms with van der Waals surface area (Å²) in [7, 11) is -3.62. The zero-order valence-corrected chi connectivity index (χ0v) is 16.8. The fourth-order valence-corrected chi connectivity index (χ4v) is 5.20. The van der Waals surface area contributed by atoms with E-state index in [2.05, 4.69) is 5.32 Å². The number of nitrogens with zero attached hydrogens (tertiary/aromatic N) is 1. The molecular formula is C21H26N2O4S. The highest BCUT2D eigenvalue weighted by molar-refractivity contribution is 7.89. The Morgan fingerprint density at radius 1 is 1.11 bits per heavy atom. The molecule has 1 N–H and O–H groups in total. The molecule has 0 unspecified atom stereocenters. The van der Waals surface area contributed by atoms with Gasteiger partial charge in [0.05, 0.1) is 17.2 Å². The molecule has 1 fully saturated rings. The van der Waals surface area contributed by atoms with Gasteiger partial charge in [-0.1, -0.05) is 36.8 Å². The highest BCUT2D eigenvalue weighted by Gasteiger charge is 2.34. The Labute approximate surface area is 166 Å². The molecule has 150 valence electrons. The molecule has 1 aliphatic rings. The Morgan fingerprint density at radius 3 is 2.57 bits per heavy atom. The fourth-order valence-electron chi connectivity index (χ4n) is 3.49. The maximum absolute atomic E-state index is 13.1. The van der Waals surface area contributed by atoms with Crippen molar-refractivity contribution in [3.63, 3.8) is 0 Å². The second-order valence-electron chi connectivity index (χ2n) is 6.76. The molecule has 6 nitrogen and oxygen atoms in total. The maximum Gasteiger partial charge on any atom is 0.243 e. The van der Waals surface area contributed by atoms with Crippen LogP contribution in [0.1, 0.15) is 32.6 Å². The van der Waals surface area contributed by atoms with Gasteiger partial charge in [-0.25, -0.2) is 8.42 Å². The van der Waals surface area contributed by atoms with Gasteiger partial charge in [-0.3, -0.25) is 4.79 Å². The average molecular weight is 403 g/mol. The van der Waals surface area contributed by atoms with Crippen molar-refractivity contribution in [2.45, 2.75) is 43.5 Å². The van der Waals surface area contributed by atoms with Gasteiger partial charge in [0.1, 0.15) is 5.75 Å². The van der Waals surface area contributed by atoms with Crippen molar-refractivity contribution in [3.8, 4) is 5.75 Å². The van der Waals surface area contributed by atoms with Crippen LogP contribution in [0.25, 0.3) is 0 Å². The van der Waals surface area contributed by atoms with Crippen molar-refractivity contribution in [3.05, 3.63) is 54.6 Å². The highest BCUT2D eigenvalue weighted by atomic mass is 32.2. The van der Waals surface area contributed by atoms with Gasteiger partial charge in [-0.15, -0.1) is 0 Å². The summed E-state index contributed by atoms with van der Waals surface area (Å²) in [6, 6.07) is 15.3. The molecule has 2 aromatic rings. The number of carbonyl (C=O) groups excluding carboxylic acids is 1. The molecule has 2 aromatic carbocycles. The van der Waals surface area contributed by atoms with Gasteiger partial charge >= 0.3 is 0 Å². The molecule has 1 saturated heterocycles. The first-order valence-corrected chi connectivity index (χ1v) is 11.0. The molecule has 7 heteroatoms. The second-order valence-corrected chi connectivity index (χ2v) is 8.65. The number of hydrogen-bond acceptors (Lipinski definition) is 4. The topological polar surface area (TPSA) is 75.7 Å². The Kier molecular flexibility index (Phi) is 6.70. The first kappa shape index (κ1) is 20.4. The third-order valence-corrected chi connectivity index (χ3v) is 6.77. The number of nitrogens with one attached hydrogen (secondary N) is 1. The molecule has 0 saturated carbocycles. The standard InChI is InChI=1S/C21H26N2O4S/c1-2-27-20-14-7-6-13-19(20)22-21(24)16-17-10-8-9-15-23(17)28(25,26)18-11-4-3-5-12-18/h3-7,11-14,17H,2,8-10,15-16H2,1H3,(H,22,24)/t17-/m0/s1. The monoisotopic (exact) mass is 402 g/mol. The number of carbonyl (C=O) groups is 1. The number of para-hydroxylation sites is 2. The molecule has 1 aliphatic heterocycles. The third-order valence-electron chi connectivity index (χ3n) is 4.80. The van der Waals surface area contributed by atoms with Crippen molar-refractivity contribution >= 4 is 21.6 Å². The van der Waals surface area contributed by atoms with Crippen LogP contribution in [0.3, 0.4) is 0 Å². The van der Waals surface area contributed by atoms with Gasteiger partial charge < -0.3 is 10.1 Å². The van der Waals surface area contributed by atoms with Gasteiger partial charge in [-0.2, -0.15) is 4.31 Å². The number of ether oxygens (including phenoxy) is 1. The van der Waals surface area contributed by atoms with Crippen LogP contribution in [0.5, 0.6) is 5.75 Å². The maximum atomic E-state index is 13.1. The highest BCUT2D eigenvalue weighted by Crippen LogP contribution is 2.28. The SMILES string of the molecule is CCOc1ccccc1NC(=O)C[C@@H]1CCCCN1S(=O)(=O)c1ccccc1. The predicted octanol–water partition coefficient (Wildman–Crippen LogP) is 3.66. The van der Waals surface area contributed by atoms with Gasteiger partial charge in [0.2, 0.25) is 15.9 Å². The average Bonchev–Trinajstić information content (AvgIpc) is 2.70. The summed E-state index contributed by atoms with van der Waals surface area (Å²) < 4.78 is 33.1. The van der Waals surface area contributed by atoms with Gasteiger partial charge in [0.25, 0.3) is 0 Å². The summed E-state index contributed by atoms with van der Waals surface area (Å²) in [6.45, 7) is 2.82. The Morgan fingerprint density at radius 2 is 1.82 bits per heavy atom. The third kappa shape index (κ3) is 4.72. The second kappa shape index (κ2) is 9.21. The number of benzene rings is 2. The zero-order chi connectivity index (χ0) is 20.0. The number of rotatable bonds is 7. The lowest BCUT2D eigenvalue weighted by molar-refractivity contribution is -0.117. The lowest BCUT2D eigenvalue weighted by atomic mass is 10.0. The Balaban J connectivity index is 1.74. The van der Waals surface area contributed by atoms with Crippen molar-refractivity contribution in [2.75, 3.05) is 18.5 Å². The molecule has 0 radical (unpaired) electrons. The normalized spacial score (nSPS) is 17.8. The summed E-state index contributed by atoms with van der Waals surface area (Å²) in [5, 5.41) is 2.87. The van der Waals surface area contributed by atoms with Crippen molar-refractivity contribution in [1.29, 1.82) is 0 Å². The van der Waals surface area contributed by atoms with Crippen molar-refractivity contribution < 1.29 is 17.9 Å². The van der Waals surface area contributed by atoms with E-state index in [-0.39, 0.29) is 23.3 Å². The molecule has 0 aliphatic carbocycles. The summed E-state index contributed by atoms with van der Waals surface area (Å²) in [5.41, 5.74) is 0.600. The Hall–Kier alpha value is -2.38. The molecule has 0 bridgehead atoms. The van der Waals surface area contributed by atoms with Crippen LogP contribution in [0.15, 0.2) is 59.5 Å². The van der Waals surface area contributed by atoms with Crippen LogP contribution in [0.2, 0.25) is 0 Å². The minimum atomic E-state index is -3.62. The van der Waals surface area contributed by atoms with Crippen molar-refractivity contribution in [1.82, 2.24) is 4.31 Å². The molecular weight excluding hydrogens is 376 g/mol. The van der Waals surface area contributed by atoms with Crippen LogP contribution < -0.4 is 10.1 Å². The Bertz CT molecular complexity index is 900. The van der Waals surface area contributed by atoms with E-state index in [9.17, 15) is 13.2 Å². The zero-order valence-electron chi connectivity index (χ0n) is 16.0. The minimum Gasteiger partial charge on any atom is -0.492 e. The number of hydrogen-bond donors (Lipinski definition) is 1. The first-order valence-electron chi connectivity index (χ1n) is 9.61. The largest absolute Gasteiger partial charge is 0.492 e. The lowest BCUT2D eigenvalue weighted by Gasteiger charge is -2.34. The van der Waals surface area contributed by atoms with Crippen LogP contribution in [-0.2, 0) is 14.8 Å². The molecule has 0 spiro atoms. The smallest absolute Gasteiger partial charge is 0.243 e. The van der Waals surface area contributed by atoms with Crippen molar-refractivity contribution in [2.24, 2.45) is 0 Å². The van der Waals surface area contributed by atoms with E-state index in [0.717, 1.165) is 12.8 Å². The van der Waals surface area contributed by atoms with Gasteiger partial charge in [-0.05, 0) is 44.0 Å². The van der Waals surface area contributed by atoms with E-state index in [0.29, 0.717) is 31.0 Å². The van der Waals surface area contributed by atoms with Crippen LogP contribution in [0.4, 0.5) is 5.69 Å². The molecule has 1 heterocycles. The minimum absolute atomic E-state index is 0.118. The van der Waals surface area contributed by atoms with Crippen LogP contribution >= 0.6 is 0 Å². The summed E-state index contributed by atoms with van der Waals surface area (Å²) in [5.74, 6) is 0.392. The molecule has 1 atom stereocenters. The molecule has 0 aromatic heterocycles. The molecule has 1 amide bonds. The summed E-state index contributed by atoms with van der Waals surface area (Å²) in [4.78, 5) is 12.9. The van der Waals surface area contributed by atoms with E-state index >= 15 is 0 Å². The fraction of sp³-hybridized carbons (Fsp3) is 0.381. The van der Waals surface area contributed by atoms with E-state index < -0.39 is 10.0 Å².